The van der Waals surface area contributed by atoms with E-state index in [4.69, 9.17) is 4.98 Å². The van der Waals surface area contributed by atoms with E-state index in [1.165, 1.54) is 12.8 Å². The first-order valence-corrected chi connectivity index (χ1v) is 9.19. The molecular formula is C18H28N8. The zero-order valence-electron chi connectivity index (χ0n) is 16.3. The van der Waals surface area contributed by atoms with Gasteiger partial charge in [0.25, 0.3) is 0 Å². The smallest absolute Gasteiger partial charge is 0.229 e. The molecule has 0 saturated carbocycles. The van der Waals surface area contributed by atoms with Crippen molar-refractivity contribution in [1.82, 2.24) is 24.9 Å². The minimum absolute atomic E-state index is 0.236. The van der Waals surface area contributed by atoms with E-state index < -0.39 is 0 Å². The van der Waals surface area contributed by atoms with Crippen LogP contribution in [0.2, 0.25) is 0 Å². The minimum Gasteiger partial charge on any atom is -0.348 e. The molecule has 26 heavy (non-hydrogen) atoms. The highest BCUT2D eigenvalue weighted by Crippen LogP contribution is 2.18. The highest BCUT2D eigenvalue weighted by molar-refractivity contribution is 5.38. The number of rotatable bonds is 6. The second-order valence-corrected chi connectivity index (χ2v) is 7.21. The third-order valence-electron chi connectivity index (χ3n) is 4.27. The summed E-state index contributed by atoms with van der Waals surface area (Å²) < 4.78 is 0. The summed E-state index contributed by atoms with van der Waals surface area (Å²) in [7, 11) is 3.86. The molecule has 0 unspecified atom stereocenters. The van der Waals surface area contributed by atoms with Crippen LogP contribution in [0.25, 0.3) is 0 Å². The number of anilines is 3. The Morgan fingerprint density at radius 2 is 1.81 bits per heavy atom. The van der Waals surface area contributed by atoms with Gasteiger partial charge in [0.15, 0.2) is 0 Å². The molecule has 1 aliphatic heterocycles. The molecule has 1 saturated heterocycles. The fourth-order valence-electron chi connectivity index (χ4n) is 2.85. The Morgan fingerprint density at radius 3 is 2.46 bits per heavy atom. The van der Waals surface area contributed by atoms with Crippen molar-refractivity contribution in [2.75, 3.05) is 42.3 Å². The van der Waals surface area contributed by atoms with E-state index >= 15 is 0 Å². The summed E-state index contributed by atoms with van der Waals surface area (Å²) in [6, 6.07) is 2.00. The Hall–Kier alpha value is -2.51. The molecule has 0 aliphatic carbocycles. The van der Waals surface area contributed by atoms with Crippen molar-refractivity contribution in [3.05, 3.63) is 23.3 Å². The Kier molecular flexibility index (Phi) is 5.49. The van der Waals surface area contributed by atoms with E-state index in [2.05, 4.69) is 44.0 Å². The highest BCUT2D eigenvalue weighted by atomic mass is 15.3. The van der Waals surface area contributed by atoms with Crippen LogP contribution in [-0.2, 0) is 6.54 Å². The second-order valence-electron chi connectivity index (χ2n) is 7.21. The van der Waals surface area contributed by atoms with Gasteiger partial charge < -0.3 is 15.1 Å². The van der Waals surface area contributed by atoms with Crippen LogP contribution < -0.4 is 15.1 Å². The molecule has 8 heteroatoms. The lowest BCUT2D eigenvalue weighted by Gasteiger charge is -2.17. The van der Waals surface area contributed by atoms with Crippen LogP contribution in [0.3, 0.4) is 0 Å². The third-order valence-corrected chi connectivity index (χ3v) is 4.27. The Bertz CT molecular complexity index is 727. The van der Waals surface area contributed by atoms with E-state index in [-0.39, 0.29) is 5.92 Å². The van der Waals surface area contributed by atoms with Crippen molar-refractivity contribution in [3.8, 4) is 0 Å². The Morgan fingerprint density at radius 1 is 1.08 bits per heavy atom. The van der Waals surface area contributed by atoms with Gasteiger partial charge >= 0.3 is 0 Å². The van der Waals surface area contributed by atoms with Gasteiger partial charge in [-0.1, -0.05) is 13.8 Å². The van der Waals surface area contributed by atoms with Crippen molar-refractivity contribution < 1.29 is 0 Å². The molecule has 3 rings (SSSR count). The molecule has 0 radical (unpaired) electrons. The molecule has 1 fully saturated rings. The van der Waals surface area contributed by atoms with Crippen molar-refractivity contribution in [2.45, 2.75) is 46.1 Å². The van der Waals surface area contributed by atoms with Crippen molar-refractivity contribution in [2.24, 2.45) is 0 Å². The summed E-state index contributed by atoms with van der Waals surface area (Å²) in [5, 5.41) is 3.30. The fourth-order valence-corrected chi connectivity index (χ4v) is 2.85. The standard InChI is InChI=1S/C18H28N8/c1-12(2)15-22-16(24-17(23-15)25(4)5)19-11-14-10-13(3)20-18(21-14)26-8-6-7-9-26/h10,12H,6-9,11H2,1-5H3,(H,19,22,23,24). The van der Waals surface area contributed by atoms with E-state index in [1.54, 1.807) is 0 Å². The molecule has 0 aromatic carbocycles. The van der Waals surface area contributed by atoms with E-state index in [1.807, 2.05) is 32.0 Å². The van der Waals surface area contributed by atoms with Crippen LogP contribution in [0.15, 0.2) is 6.07 Å². The van der Waals surface area contributed by atoms with Crippen molar-refractivity contribution in [1.29, 1.82) is 0 Å². The molecular weight excluding hydrogens is 328 g/mol. The average Bonchev–Trinajstić information content (AvgIpc) is 3.14. The first-order valence-electron chi connectivity index (χ1n) is 9.19. The van der Waals surface area contributed by atoms with E-state index in [0.29, 0.717) is 18.4 Å². The van der Waals surface area contributed by atoms with Crippen molar-refractivity contribution in [3.63, 3.8) is 0 Å². The van der Waals surface area contributed by atoms with Gasteiger partial charge in [-0.15, -0.1) is 0 Å². The number of hydrogen-bond donors (Lipinski definition) is 1. The van der Waals surface area contributed by atoms with Gasteiger partial charge in [-0.2, -0.15) is 15.0 Å². The minimum atomic E-state index is 0.236. The van der Waals surface area contributed by atoms with Crippen LogP contribution in [0, 0.1) is 6.92 Å². The predicted octanol–water partition coefficient (Wildman–Crippen LogP) is 2.37. The molecule has 1 N–H and O–H groups in total. The summed E-state index contributed by atoms with van der Waals surface area (Å²) in [6.45, 7) is 8.79. The molecule has 1 aliphatic rings. The lowest BCUT2D eigenvalue weighted by atomic mass is 10.2. The summed E-state index contributed by atoms with van der Waals surface area (Å²) >= 11 is 0. The first kappa shape index (κ1) is 18.3. The van der Waals surface area contributed by atoms with Gasteiger partial charge in [0.05, 0.1) is 12.2 Å². The van der Waals surface area contributed by atoms with Gasteiger partial charge in [0.2, 0.25) is 17.8 Å². The van der Waals surface area contributed by atoms with Gasteiger partial charge in [0.1, 0.15) is 5.82 Å². The van der Waals surface area contributed by atoms with Crippen LogP contribution >= 0.6 is 0 Å². The van der Waals surface area contributed by atoms with Crippen LogP contribution in [0.5, 0.6) is 0 Å². The highest BCUT2D eigenvalue weighted by Gasteiger charge is 2.16. The van der Waals surface area contributed by atoms with Gasteiger partial charge in [-0.25, -0.2) is 9.97 Å². The quantitative estimate of drug-likeness (QED) is 0.845. The number of aryl methyl sites for hydroxylation is 1. The SMILES string of the molecule is Cc1cc(CNc2nc(C(C)C)nc(N(C)C)n2)nc(N2CCCC2)n1. The van der Waals surface area contributed by atoms with Gasteiger partial charge in [-0.05, 0) is 25.8 Å². The number of nitrogens with one attached hydrogen (secondary N) is 1. The molecule has 140 valence electrons. The monoisotopic (exact) mass is 356 g/mol. The first-order chi connectivity index (χ1) is 12.4. The lowest BCUT2D eigenvalue weighted by molar-refractivity contribution is 0.753. The molecule has 0 spiro atoms. The molecule has 2 aromatic rings. The number of hydrogen-bond acceptors (Lipinski definition) is 8. The van der Waals surface area contributed by atoms with Crippen LogP contribution in [0.4, 0.5) is 17.8 Å². The van der Waals surface area contributed by atoms with Crippen LogP contribution in [-0.4, -0.2) is 52.1 Å². The maximum atomic E-state index is 4.72. The second kappa shape index (κ2) is 7.80. The Balaban J connectivity index is 1.78. The van der Waals surface area contributed by atoms with E-state index in [0.717, 1.165) is 36.3 Å². The largest absolute Gasteiger partial charge is 0.348 e. The lowest BCUT2D eigenvalue weighted by Crippen LogP contribution is -2.22. The number of nitrogens with zero attached hydrogens (tertiary/aromatic N) is 7. The molecule has 2 aromatic heterocycles. The Labute approximate surface area is 155 Å². The number of aromatic nitrogens is 5. The predicted molar refractivity (Wildman–Crippen MR) is 104 cm³/mol. The zero-order valence-corrected chi connectivity index (χ0v) is 16.3. The normalized spacial score (nSPS) is 14.2. The average molecular weight is 356 g/mol. The zero-order chi connectivity index (χ0) is 18.7. The maximum Gasteiger partial charge on any atom is 0.229 e. The van der Waals surface area contributed by atoms with Gasteiger partial charge in [-0.3, -0.25) is 0 Å². The topological polar surface area (TPSA) is 83.0 Å². The molecule has 0 amide bonds. The van der Waals surface area contributed by atoms with Crippen LogP contribution in [0.1, 0.15) is 49.8 Å². The summed E-state index contributed by atoms with van der Waals surface area (Å²) in [5.74, 6) is 3.07. The molecule has 0 bridgehead atoms. The van der Waals surface area contributed by atoms with Gasteiger partial charge in [0, 0.05) is 38.8 Å². The molecule has 3 heterocycles. The summed E-state index contributed by atoms with van der Waals surface area (Å²) in [5.41, 5.74) is 1.92. The molecule has 8 nitrogen and oxygen atoms in total. The molecule has 0 atom stereocenters. The fraction of sp³-hybridized carbons (Fsp3) is 0.611. The third kappa shape index (κ3) is 4.36. The maximum absolute atomic E-state index is 4.72. The summed E-state index contributed by atoms with van der Waals surface area (Å²) in [4.78, 5) is 27.0. The van der Waals surface area contributed by atoms with E-state index in [9.17, 15) is 0 Å². The van der Waals surface area contributed by atoms with Crippen molar-refractivity contribution >= 4 is 17.8 Å². The summed E-state index contributed by atoms with van der Waals surface area (Å²) in [6.07, 6.45) is 2.42.